The molecular formula is C13H23NO4. The first-order valence-electron chi connectivity index (χ1n) is 6.62. The Labute approximate surface area is 108 Å². The standard InChI is InChI=1S/C13H23NO4/c1-13(6-4-2-3-5-7-13)12(17)14-8-9-18-10-11(15)16/h2-10H2,1H3,(H,14,17)(H,15,16). The second-order valence-electron chi connectivity index (χ2n) is 5.18. The van der Waals surface area contributed by atoms with Crippen LogP contribution in [0.15, 0.2) is 0 Å². The molecule has 2 N–H and O–H groups in total. The monoisotopic (exact) mass is 257 g/mol. The van der Waals surface area contributed by atoms with Gasteiger partial charge in [-0.3, -0.25) is 4.79 Å². The van der Waals surface area contributed by atoms with Gasteiger partial charge in [-0.2, -0.15) is 0 Å². The van der Waals surface area contributed by atoms with Crippen LogP contribution in [0.5, 0.6) is 0 Å². The number of hydrogen-bond acceptors (Lipinski definition) is 3. The molecule has 5 heteroatoms. The van der Waals surface area contributed by atoms with Gasteiger partial charge in [0.2, 0.25) is 5.91 Å². The Morgan fingerprint density at radius 3 is 2.39 bits per heavy atom. The predicted octanol–water partition coefficient (Wildman–Crippen LogP) is 1.56. The molecule has 18 heavy (non-hydrogen) atoms. The smallest absolute Gasteiger partial charge is 0.329 e. The minimum atomic E-state index is -0.989. The first-order chi connectivity index (χ1) is 8.54. The van der Waals surface area contributed by atoms with Crippen LogP contribution in [0, 0.1) is 5.41 Å². The summed E-state index contributed by atoms with van der Waals surface area (Å²) in [5, 5.41) is 11.2. The fourth-order valence-electron chi connectivity index (χ4n) is 2.35. The summed E-state index contributed by atoms with van der Waals surface area (Å²) in [5.74, 6) is -0.916. The summed E-state index contributed by atoms with van der Waals surface area (Å²) in [4.78, 5) is 22.3. The van der Waals surface area contributed by atoms with E-state index in [0.29, 0.717) is 6.54 Å². The number of nitrogens with one attached hydrogen (secondary N) is 1. The highest BCUT2D eigenvalue weighted by atomic mass is 16.5. The van der Waals surface area contributed by atoms with Crippen molar-refractivity contribution >= 4 is 11.9 Å². The largest absolute Gasteiger partial charge is 0.480 e. The van der Waals surface area contributed by atoms with Crippen molar-refractivity contribution < 1.29 is 19.4 Å². The Morgan fingerprint density at radius 1 is 1.22 bits per heavy atom. The van der Waals surface area contributed by atoms with Crippen molar-refractivity contribution in [2.45, 2.75) is 45.4 Å². The van der Waals surface area contributed by atoms with E-state index in [1.807, 2.05) is 6.92 Å². The lowest BCUT2D eigenvalue weighted by atomic mass is 9.81. The van der Waals surface area contributed by atoms with Gasteiger partial charge in [-0.15, -0.1) is 0 Å². The molecular weight excluding hydrogens is 234 g/mol. The van der Waals surface area contributed by atoms with Crippen LogP contribution >= 0.6 is 0 Å². The molecule has 0 spiro atoms. The number of amides is 1. The predicted molar refractivity (Wildman–Crippen MR) is 67.3 cm³/mol. The molecule has 5 nitrogen and oxygen atoms in total. The normalized spacial score (nSPS) is 18.9. The van der Waals surface area contributed by atoms with Gasteiger partial charge in [0.05, 0.1) is 6.61 Å². The maximum Gasteiger partial charge on any atom is 0.329 e. The first-order valence-corrected chi connectivity index (χ1v) is 6.62. The maximum atomic E-state index is 12.1. The molecule has 1 amide bonds. The van der Waals surface area contributed by atoms with Gasteiger partial charge in [-0.1, -0.05) is 32.6 Å². The van der Waals surface area contributed by atoms with Gasteiger partial charge >= 0.3 is 5.97 Å². The van der Waals surface area contributed by atoms with Crippen molar-refractivity contribution in [3.8, 4) is 0 Å². The van der Waals surface area contributed by atoms with E-state index < -0.39 is 5.97 Å². The lowest BCUT2D eigenvalue weighted by molar-refractivity contribution is -0.142. The average molecular weight is 257 g/mol. The summed E-state index contributed by atoms with van der Waals surface area (Å²) < 4.78 is 4.88. The van der Waals surface area contributed by atoms with Gasteiger partial charge in [0.25, 0.3) is 0 Å². The molecule has 0 heterocycles. The van der Waals surface area contributed by atoms with Crippen LogP contribution < -0.4 is 5.32 Å². The summed E-state index contributed by atoms with van der Waals surface area (Å²) >= 11 is 0. The number of rotatable bonds is 6. The molecule has 1 saturated carbocycles. The van der Waals surface area contributed by atoms with Crippen molar-refractivity contribution in [3.05, 3.63) is 0 Å². The Kier molecular flexibility index (Phi) is 6.12. The highest BCUT2D eigenvalue weighted by molar-refractivity contribution is 5.82. The molecule has 0 aromatic carbocycles. The van der Waals surface area contributed by atoms with Gasteiger partial charge in [0.15, 0.2) is 0 Å². The van der Waals surface area contributed by atoms with E-state index >= 15 is 0 Å². The van der Waals surface area contributed by atoms with Crippen LogP contribution in [0.1, 0.15) is 45.4 Å². The molecule has 0 bridgehead atoms. The zero-order chi connectivity index (χ0) is 13.4. The van der Waals surface area contributed by atoms with Crippen molar-refractivity contribution in [2.75, 3.05) is 19.8 Å². The summed E-state index contributed by atoms with van der Waals surface area (Å²) in [6.07, 6.45) is 6.53. The third kappa shape index (κ3) is 5.04. The number of hydrogen-bond donors (Lipinski definition) is 2. The van der Waals surface area contributed by atoms with Gasteiger partial charge in [0, 0.05) is 12.0 Å². The molecule has 0 aromatic rings. The fourth-order valence-corrected chi connectivity index (χ4v) is 2.35. The number of carboxylic acids is 1. The minimum Gasteiger partial charge on any atom is -0.480 e. The quantitative estimate of drug-likeness (QED) is 0.559. The van der Waals surface area contributed by atoms with Crippen LogP contribution in [0.3, 0.4) is 0 Å². The SMILES string of the molecule is CC1(C(=O)NCCOCC(=O)O)CCCCCC1. The van der Waals surface area contributed by atoms with Gasteiger partial charge in [0.1, 0.15) is 6.61 Å². The molecule has 0 aliphatic heterocycles. The molecule has 0 aromatic heterocycles. The lowest BCUT2D eigenvalue weighted by Crippen LogP contribution is -2.40. The fraction of sp³-hybridized carbons (Fsp3) is 0.846. The third-order valence-corrected chi connectivity index (χ3v) is 3.51. The molecule has 1 fully saturated rings. The van der Waals surface area contributed by atoms with Crippen molar-refractivity contribution in [3.63, 3.8) is 0 Å². The van der Waals surface area contributed by atoms with Crippen molar-refractivity contribution in [1.82, 2.24) is 5.32 Å². The van der Waals surface area contributed by atoms with E-state index in [2.05, 4.69) is 5.32 Å². The average Bonchev–Trinajstić information content (AvgIpc) is 2.54. The minimum absolute atomic E-state index is 0.0725. The number of ether oxygens (including phenoxy) is 1. The second kappa shape index (κ2) is 7.36. The van der Waals surface area contributed by atoms with Crippen molar-refractivity contribution in [2.24, 2.45) is 5.41 Å². The number of carbonyl (C=O) groups is 2. The molecule has 1 aliphatic carbocycles. The molecule has 0 atom stereocenters. The van der Waals surface area contributed by atoms with Gasteiger partial charge < -0.3 is 15.2 Å². The topological polar surface area (TPSA) is 75.6 Å². The Bertz CT molecular complexity index is 283. The molecule has 0 unspecified atom stereocenters. The van der Waals surface area contributed by atoms with Gasteiger partial charge in [-0.25, -0.2) is 4.79 Å². The Balaban J connectivity index is 2.24. The Hall–Kier alpha value is -1.10. The number of aliphatic carboxylic acids is 1. The lowest BCUT2D eigenvalue weighted by Gasteiger charge is -2.26. The van der Waals surface area contributed by atoms with E-state index in [0.717, 1.165) is 25.7 Å². The summed E-state index contributed by atoms with van der Waals surface area (Å²) in [7, 11) is 0. The van der Waals surface area contributed by atoms with Crippen LogP contribution in [0.25, 0.3) is 0 Å². The zero-order valence-electron chi connectivity index (χ0n) is 11.0. The molecule has 0 saturated heterocycles. The van der Waals surface area contributed by atoms with Gasteiger partial charge in [-0.05, 0) is 12.8 Å². The maximum absolute atomic E-state index is 12.1. The van der Waals surface area contributed by atoms with Crippen molar-refractivity contribution in [1.29, 1.82) is 0 Å². The summed E-state index contributed by atoms with van der Waals surface area (Å²) in [5.41, 5.74) is -0.261. The van der Waals surface area contributed by atoms with E-state index in [1.165, 1.54) is 12.8 Å². The molecule has 1 aliphatic rings. The Morgan fingerprint density at radius 2 is 1.83 bits per heavy atom. The van der Waals surface area contributed by atoms with Crippen LogP contribution in [-0.4, -0.2) is 36.7 Å². The number of carbonyl (C=O) groups excluding carboxylic acids is 1. The molecule has 1 rings (SSSR count). The van der Waals surface area contributed by atoms with Crippen LogP contribution in [-0.2, 0) is 14.3 Å². The van der Waals surface area contributed by atoms with Crippen LogP contribution in [0.2, 0.25) is 0 Å². The summed E-state index contributed by atoms with van der Waals surface area (Å²) in [6, 6.07) is 0. The second-order valence-corrected chi connectivity index (χ2v) is 5.18. The first kappa shape index (κ1) is 15.0. The highest BCUT2D eigenvalue weighted by Crippen LogP contribution is 2.34. The summed E-state index contributed by atoms with van der Waals surface area (Å²) in [6.45, 7) is 2.33. The van der Waals surface area contributed by atoms with E-state index in [9.17, 15) is 9.59 Å². The molecule has 104 valence electrons. The van der Waals surface area contributed by atoms with E-state index in [1.54, 1.807) is 0 Å². The zero-order valence-corrected chi connectivity index (χ0v) is 11.0. The van der Waals surface area contributed by atoms with E-state index in [4.69, 9.17) is 9.84 Å². The van der Waals surface area contributed by atoms with E-state index in [-0.39, 0.29) is 24.5 Å². The third-order valence-electron chi connectivity index (χ3n) is 3.51. The highest BCUT2D eigenvalue weighted by Gasteiger charge is 2.32. The van der Waals surface area contributed by atoms with Crippen LogP contribution in [0.4, 0.5) is 0 Å². The molecule has 0 radical (unpaired) electrons. The number of carboxylic acid groups (broad SMARTS) is 1.